The number of carbonyl (C=O) groups is 1. The van der Waals surface area contributed by atoms with Crippen LogP contribution in [0.3, 0.4) is 0 Å². The third-order valence-corrected chi connectivity index (χ3v) is 3.64. The summed E-state index contributed by atoms with van der Waals surface area (Å²) < 4.78 is 5.37. The number of nitrogens with zero attached hydrogens (tertiary/aromatic N) is 1. The van der Waals surface area contributed by atoms with Crippen LogP contribution in [0.25, 0.3) is 0 Å². The van der Waals surface area contributed by atoms with Gasteiger partial charge in [0.2, 0.25) is 5.91 Å². The molecule has 1 fully saturated rings. The van der Waals surface area contributed by atoms with Crippen LogP contribution in [0.5, 0.6) is 0 Å². The summed E-state index contributed by atoms with van der Waals surface area (Å²) in [7, 11) is 2.08. The molecule has 1 amide bonds. The minimum absolute atomic E-state index is 0.239. The van der Waals surface area contributed by atoms with Crippen LogP contribution in [0, 0.1) is 0 Å². The van der Waals surface area contributed by atoms with Crippen molar-refractivity contribution in [2.45, 2.75) is 51.2 Å². The topological polar surface area (TPSA) is 67.6 Å². The molecular weight excluding hydrogens is 230 g/mol. The molecule has 18 heavy (non-hydrogen) atoms. The van der Waals surface area contributed by atoms with Crippen molar-refractivity contribution in [3.05, 3.63) is 0 Å². The number of ether oxygens (including phenoxy) is 1. The largest absolute Gasteiger partial charge is 0.380 e. The van der Waals surface area contributed by atoms with E-state index in [1.54, 1.807) is 0 Å². The number of nitrogens with one attached hydrogen (secondary N) is 1. The Kier molecular flexibility index (Phi) is 5.56. The molecule has 0 bridgehead atoms. The van der Waals surface area contributed by atoms with E-state index < -0.39 is 5.54 Å². The number of hydrogen-bond acceptors (Lipinski definition) is 4. The highest BCUT2D eigenvalue weighted by molar-refractivity contribution is 5.84. The summed E-state index contributed by atoms with van der Waals surface area (Å²) in [5, 5.41) is 3.27. The summed E-state index contributed by atoms with van der Waals surface area (Å²) in [5.74, 6) is -0.285. The zero-order valence-electron chi connectivity index (χ0n) is 12.0. The summed E-state index contributed by atoms with van der Waals surface area (Å²) in [6.07, 6.45) is 1.79. The van der Waals surface area contributed by atoms with Gasteiger partial charge in [0, 0.05) is 25.2 Å². The first-order valence-electron chi connectivity index (χ1n) is 6.71. The fraction of sp³-hybridized carbons (Fsp3) is 0.923. The van der Waals surface area contributed by atoms with Gasteiger partial charge in [-0.05, 0) is 40.7 Å². The molecule has 2 atom stereocenters. The van der Waals surface area contributed by atoms with Crippen molar-refractivity contribution in [2.75, 3.05) is 26.8 Å². The molecule has 5 nitrogen and oxygen atoms in total. The second-order valence-electron chi connectivity index (χ2n) is 5.74. The van der Waals surface area contributed by atoms with Crippen LogP contribution < -0.4 is 11.1 Å². The second kappa shape index (κ2) is 6.50. The van der Waals surface area contributed by atoms with Gasteiger partial charge in [0.05, 0.1) is 12.1 Å². The molecule has 2 unspecified atom stereocenters. The van der Waals surface area contributed by atoms with Gasteiger partial charge in [-0.2, -0.15) is 0 Å². The number of primary amides is 1. The van der Waals surface area contributed by atoms with E-state index in [2.05, 4.69) is 17.3 Å². The van der Waals surface area contributed by atoms with E-state index in [1.165, 1.54) is 0 Å². The molecule has 0 spiro atoms. The molecule has 0 aliphatic carbocycles. The Morgan fingerprint density at radius 2 is 2.28 bits per heavy atom. The third-order valence-electron chi connectivity index (χ3n) is 3.64. The molecule has 0 aromatic rings. The molecule has 106 valence electrons. The van der Waals surface area contributed by atoms with Crippen molar-refractivity contribution < 1.29 is 9.53 Å². The van der Waals surface area contributed by atoms with Crippen LogP contribution in [-0.4, -0.2) is 55.2 Å². The molecular formula is C13H27N3O2. The van der Waals surface area contributed by atoms with Gasteiger partial charge in [-0.1, -0.05) is 0 Å². The van der Waals surface area contributed by atoms with Crippen LogP contribution in [0.2, 0.25) is 0 Å². The van der Waals surface area contributed by atoms with Crippen molar-refractivity contribution in [1.82, 2.24) is 10.2 Å². The normalized spacial score (nSPS) is 23.6. The quantitative estimate of drug-likeness (QED) is 0.690. The summed E-state index contributed by atoms with van der Waals surface area (Å²) in [6, 6.07) is 0.712. The highest BCUT2D eigenvalue weighted by Gasteiger charge is 2.32. The van der Waals surface area contributed by atoms with Crippen molar-refractivity contribution in [3.8, 4) is 0 Å². The van der Waals surface area contributed by atoms with E-state index in [9.17, 15) is 4.79 Å². The SMILES string of the molecule is CC(C)NC(C)(CCN(C)C1CCOC1)C(N)=O. The Morgan fingerprint density at radius 1 is 1.61 bits per heavy atom. The predicted molar refractivity (Wildman–Crippen MR) is 72.3 cm³/mol. The van der Waals surface area contributed by atoms with Gasteiger partial charge in [0.1, 0.15) is 0 Å². The molecule has 3 N–H and O–H groups in total. The van der Waals surface area contributed by atoms with Gasteiger partial charge in [-0.25, -0.2) is 0 Å². The molecule has 1 aliphatic rings. The zero-order chi connectivity index (χ0) is 13.8. The lowest BCUT2D eigenvalue weighted by Gasteiger charge is -2.33. The van der Waals surface area contributed by atoms with E-state index in [0.717, 1.165) is 26.2 Å². The first kappa shape index (κ1) is 15.4. The molecule has 1 heterocycles. The van der Waals surface area contributed by atoms with Crippen LogP contribution >= 0.6 is 0 Å². The Labute approximate surface area is 110 Å². The minimum atomic E-state index is -0.637. The molecule has 0 radical (unpaired) electrons. The van der Waals surface area contributed by atoms with Crippen LogP contribution in [0.15, 0.2) is 0 Å². The van der Waals surface area contributed by atoms with Gasteiger partial charge in [0.25, 0.3) is 0 Å². The van der Waals surface area contributed by atoms with E-state index in [-0.39, 0.29) is 11.9 Å². The minimum Gasteiger partial charge on any atom is -0.380 e. The number of rotatable bonds is 7. The summed E-state index contributed by atoms with van der Waals surface area (Å²) in [6.45, 7) is 8.40. The monoisotopic (exact) mass is 257 g/mol. The number of amides is 1. The Hall–Kier alpha value is -0.650. The average Bonchev–Trinajstić information content (AvgIpc) is 2.78. The van der Waals surface area contributed by atoms with Crippen LogP contribution in [0.1, 0.15) is 33.6 Å². The maximum absolute atomic E-state index is 11.6. The van der Waals surface area contributed by atoms with Gasteiger partial charge in [-0.3, -0.25) is 4.79 Å². The predicted octanol–water partition coefficient (Wildman–Crippen LogP) is 0.339. The Morgan fingerprint density at radius 3 is 2.72 bits per heavy atom. The van der Waals surface area contributed by atoms with Crippen molar-refractivity contribution in [2.24, 2.45) is 5.73 Å². The highest BCUT2D eigenvalue weighted by atomic mass is 16.5. The zero-order valence-corrected chi connectivity index (χ0v) is 12.0. The van der Waals surface area contributed by atoms with E-state index >= 15 is 0 Å². The maximum Gasteiger partial charge on any atom is 0.237 e. The standard InChI is InChI=1S/C13H27N3O2/c1-10(2)15-13(3,12(14)17)6-7-16(4)11-5-8-18-9-11/h10-11,15H,5-9H2,1-4H3,(H2,14,17). The highest BCUT2D eigenvalue weighted by Crippen LogP contribution is 2.15. The molecule has 0 aromatic carbocycles. The van der Waals surface area contributed by atoms with Crippen molar-refractivity contribution in [3.63, 3.8) is 0 Å². The van der Waals surface area contributed by atoms with Crippen LogP contribution in [0.4, 0.5) is 0 Å². The molecule has 0 aromatic heterocycles. The molecule has 0 saturated carbocycles. The molecule has 1 saturated heterocycles. The van der Waals surface area contributed by atoms with E-state index in [1.807, 2.05) is 20.8 Å². The van der Waals surface area contributed by atoms with E-state index in [0.29, 0.717) is 12.5 Å². The van der Waals surface area contributed by atoms with Gasteiger partial charge in [0.15, 0.2) is 0 Å². The third kappa shape index (κ3) is 4.23. The average molecular weight is 257 g/mol. The lowest BCUT2D eigenvalue weighted by molar-refractivity contribution is -0.124. The van der Waals surface area contributed by atoms with Crippen molar-refractivity contribution in [1.29, 1.82) is 0 Å². The number of likely N-dealkylation sites (N-methyl/N-ethyl adjacent to an activating group) is 1. The van der Waals surface area contributed by atoms with Crippen molar-refractivity contribution >= 4 is 5.91 Å². The lowest BCUT2D eigenvalue weighted by Crippen LogP contribution is -2.57. The fourth-order valence-corrected chi connectivity index (χ4v) is 2.36. The number of carbonyl (C=O) groups excluding carboxylic acids is 1. The molecule has 1 aliphatic heterocycles. The summed E-state index contributed by atoms with van der Waals surface area (Å²) >= 11 is 0. The maximum atomic E-state index is 11.6. The first-order chi connectivity index (χ1) is 8.35. The summed E-state index contributed by atoms with van der Waals surface area (Å²) in [4.78, 5) is 13.9. The smallest absolute Gasteiger partial charge is 0.237 e. The number of nitrogens with two attached hydrogens (primary N) is 1. The Bertz CT molecular complexity index is 277. The van der Waals surface area contributed by atoms with Gasteiger partial charge in [-0.15, -0.1) is 0 Å². The van der Waals surface area contributed by atoms with E-state index in [4.69, 9.17) is 10.5 Å². The Balaban J connectivity index is 2.48. The molecule has 1 rings (SSSR count). The number of hydrogen-bond donors (Lipinski definition) is 2. The summed E-state index contributed by atoms with van der Waals surface area (Å²) in [5.41, 5.74) is 4.88. The van der Waals surface area contributed by atoms with Gasteiger partial charge >= 0.3 is 0 Å². The fourth-order valence-electron chi connectivity index (χ4n) is 2.36. The molecule has 5 heteroatoms. The second-order valence-corrected chi connectivity index (χ2v) is 5.74. The van der Waals surface area contributed by atoms with Crippen LogP contribution in [-0.2, 0) is 9.53 Å². The lowest BCUT2D eigenvalue weighted by atomic mass is 9.95. The van der Waals surface area contributed by atoms with Gasteiger partial charge < -0.3 is 20.7 Å². The first-order valence-corrected chi connectivity index (χ1v) is 6.71.